The van der Waals surface area contributed by atoms with Gasteiger partial charge in [-0.15, -0.1) is 0 Å². The molecular formula is C17H20ClFN2O2. The monoisotopic (exact) mass is 338 g/mol. The van der Waals surface area contributed by atoms with Crippen LogP contribution in [0.3, 0.4) is 0 Å². The summed E-state index contributed by atoms with van der Waals surface area (Å²) >= 11 is 5.99. The Morgan fingerprint density at radius 1 is 1.13 bits per heavy atom. The lowest BCUT2D eigenvalue weighted by Crippen LogP contribution is -2.04. The molecule has 23 heavy (non-hydrogen) atoms. The third-order valence-corrected chi connectivity index (χ3v) is 3.46. The van der Waals surface area contributed by atoms with Crippen molar-refractivity contribution in [1.29, 1.82) is 0 Å². The lowest BCUT2D eigenvalue weighted by atomic mass is 10.0. The summed E-state index contributed by atoms with van der Waals surface area (Å²) < 4.78 is 19.0. The van der Waals surface area contributed by atoms with Crippen LogP contribution in [0.4, 0.5) is 15.8 Å². The van der Waals surface area contributed by atoms with Crippen molar-refractivity contribution in [1.82, 2.24) is 0 Å². The van der Waals surface area contributed by atoms with Crippen LogP contribution in [-0.2, 0) is 0 Å². The molecule has 0 heterocycles. The number of hydrogen-bond acceptors (Lipinski definition) is 4. The van der Waals surface area contributed by atoms with Gasteiger partial charge in [0.1, 0.15) is 16.6 Å². The maximum Gasteiger partial charge on any atom is 0.162 e. The Bertz CT molecular complexity index is 733. The third kappa shape index (κ3) is 4.13. The third-order valence-electron chi connectivity index (χ3n) is 3.05. The molecular weight excluding hydrogens is 319 g/mol. The number of carbonyl (C=O) groups is 1. The van der Waals surface area contributed by atoms with Gasteiger partial charge in [-0.2, -0.15) is 0 Å². The number of carbonyl (C=O) groups excluding carboxylic acids is 1. The van der Waals surface area contributed by atoms with Crippen molar-refractivity contribution < 1.29 is 13.9 Å². The summed E-state index contributed by atoms with van der Waals surface area (Å²) in [6, 6.07) is 5.37. The molecule has 0 fully saturated rings. The molecule has 0 atom stereocenters. The van der Waals surface area contributed by atoms with E-state index in [2.05, 4.69) is 0 Å². The van der Waals surface area contributed by atoms with Crippen LogP contribution in [0.1, 0.15) is 36.7 Å². The van der Waals surface area contributed by atoms with Gasteiger partial charge in [0.2, 0.25) is 0 Å². The maximum absolute atomic E-state index is 13.4. The van der Waals surface area contributed by atoms with Crippen LogP contribution >= 0.6 is 11.6 Å². The van der Waals surface area contributed by atoms with Crippen LogP contribution < -0.4 is 16.2 Å². The zero-order valence-electron chi connectivity index (χ0n) is 13.5. The van der Waals surface area contributed by atoms with E-state index in [9.17, 15) is 9.18 Å². The van der Waals surface area contributed by atoms with Gasteiger partial charge in [-0.05, 0) is 32.0 Å². The highest BCUT2D eigenvalue weighted by Crippen LogP contribution is 2.37. The molecule has 0 bridgehead atoms. The van der Waals surface area contributed by atoms with Crippen molar-refractivity contribution in [2.45, 2.75) is 27.7 Å². The first-order valence-corrected chi connectivity index (χ1v) is 7.51. The second-order valence-corrected chi connectivity index (χ2v) is 5.00. The number of anilines is 2. The van der Waals surface area contributed by atoms with E-state index in [0.717, 1.165) is 12.1 Å². The Morgan fingerprint density at radius 2 is 1.74 bits per heavy atom. The summed E-state index contributed by atoms with van der Waals surface area (Å²) in [4.78, 5) is 11.6. The van der Waals surface area contributed by atoms with E-state index in [-0.39, 0.29) is 22.2 Å². The highest BCUT2D eigenvalue weighted by molar-refractivity contribution is 6.34. The first-order valence-electron chi connectivity index (χ1n) is 7.13. The predicted octanol–water partition coefficient (Wildman–Crippen LogP) is 4.97. The van der Waals surface area contributed by atoms with Crippen LogP contribution in [0.15, 0.2) is 24.3 Å². The number of Topliss-reactive ketones (excluding diaryl/α,β-unsaturated/α-hetero) is 1. The average Bonchev–Trinajstić information content (AvgIpc) is 2.49. The van der Waals surface area contributed by atoms with Gasteiger partial charge in [0.25, 0.3) is 0 Å². The molecule has 124 valence electrons. The molecule has 0 amide bonds. The molecule has 0 aliphatic carbocycles. The van der Waals surface area contributed by atoms with Crippen molar-refractivity contribution in [3.63, 3.8) is 0 Å². The first kappa shape index (κ1) is 18.8. The van der Waals surface area contributed by atoms with E-state index < -0.39 is 5.82 Å². The molecule has 2 aromatic carbocycles. The Hall–Kier alpha value is -2.27. The van der Waals surface area contributed by atoms with E-state index in [1.54, 1.807) is 19.1 Å². The molecule has 2 aromatic rings. The summed E-state index contributed by atoms with van der Waals surface area (Å²) in [5.41, 5.74) is 12.7. The number of halogens is 2. The van der Waals surface area contributed by atoms with Crippen LogP contribution in [0.25, 0.3) is 0 Å². The molecule has 0 aliphatic heterocycles. The number of hydrogen-bond donors (Lipinski definition) is 2. The average molecular weight is 339 g/mol. The molecule has 6 heteroatoms. The second-order valence-electron chi connectivity index (χ2n) is 4.62. The number of rotatable bonds is 3. The van der Waals surface area contributed by atoms with E-state index in [0.29, 0.717) is 22.6 Å². The van der Waals surface area contributed by atoms with E-state index in [1.807, 2.05) is 13.8 Å². The van der Waals surface area contributed by atoms with Crippen LogP contribution in [-0.4, -0.2) is 5.78 Å². The van der Waals surface area contributed by atoms with Gasteiger partial charge in [0.15, 0.2) is 11.5 Å². The molecule has 0 aliphatic rings. The van der Waals surface area contributed by atoms with Gasteiger partial charge in [-0.25, -0.2) is 4.39 Å². The van der Waals surface area contributed by atoms with Crippen molar-refractivity contribution in [3.8, 4) is 11.5 Å². The topological polar surface area (TPSA) is 78.3 Å². The molecule has 2 rings (SSSR count). The molecule has 0 spiro atoms. The molecule has 0 unspecified atom stereocenters. The standard InChI is InChI=1S/C15H14ClFN2O2.C2H6/c1-7-12(4-3-10(18)14(7)8(2)20)21-13-6-9(17)5-11(19)15(13)16;1-2/h3-6H,18-19H2,1-2H3;1-2H3. The number of nitrogen functional groups attached to an aromatic ring is 2. The zero-order chi connectivity index (χ0) is 17.7. The molecule has 0 saturated carbocycles. The Kier molecular flexibility index (Phi) is 6.39. The van der Waals surface area contributed by atoms with E-state index in [4.69, 9.17) is 27.8 Å². The quantitative estimate of drug-likeness (QED) is 0.611. The lowest BCUT2D eigenvalue weighted by molar-refractivity contribution is 0.101. The molecule has 0 saturated heterocycles. The Morgan fingerprint density at radius 3 is 2.30 bits per heavy atom. The largest absolute Gasteiger partial charge is 0.455 e. The highest BCUT2D eigenvalue weighted by Gasteiger charge is 2.16. The van der Waals surface area contributed by atoms with Gasteiger partial charge in [0, 0.05) is 22.9 Å². The highest BCUT2D eigenvalue weighted by atomic mass is 35.5. The zero-order valence-corrected chi connectivity index (χ0v) is 14.3. The van der Waals surface area contributed by atoms with E-state index >= 15 is 0 Å². The minimum absolute atomic E-state index is 0.0755. The molecule has 0 aromatic heterocycles. The van der Waals surface area contributed by atoms with Gasteiger partial charge in [-0.3, -0.25) is 4.79 Å². The SMILES string of the molecule is CC.CC(=O)c1c(N)ccc(Oc2cc(F)cc(N)c2Cl)c1C. The predicted molar refractivity (Wildman–Crippen MR) is 92.8 cm³/mol. The van der Waals surface area contributed by atoms with E-state index in [1.165, 1.54) is 6.92 Å². The second kappa shape index (κ2) is 7.83. The minimum atomic E-state index is -0.563. The van der Waals surface area contributed by atoms with Crippen molar-refractivity contribution in [2.75, 3.05) is 11.5 Å². The Balaban J connectivity index is 0.00000127. The smallest absolute Gasteiger partial charge is 0.162 e. The minimum Gasteiger partial charge on any atom is -0.455 e. The normalized spacial score (nSPS) is 9.83. The summed E-state index contributed by atoms with van der Waals surface area (Å²) in [5.74, 6) is -0.301. The van der Waals surface area contributed by atoms with Gasteiger partial charge >= 0.3 is 0 Å². The first-order chi connectivity index (χ1) is 10.8. The fraction of sp³-hybridized carbons (Fsp3) is 0.235. The van der Waals surface area contributed by atoms with Gasteiger partial charge < -0.3 is 16.2 Å². The maximum atomic E-state index is 13.4. The lowest BCUT2D eigenvalue weighted by Gasteiger charge is -2.14. The van der Waals surface area contributed by atoms with Gasteiger partial charge in [0.05, 0.1) is 5.69 Å². The van der Waals surface area contributed by atoms with Gasteiger partial charge in [-0.1, -0.05) is 25.4 Å². The molecule has 0 radical (unpaired) electrons. The summed E-state index contributed by atoms with van der Waals surface area (Å²) in [6.07, 6.45) is 0. The van der Waals surface area contributed by atoms with Crippen LogP contribution in [0.2, 0.25) is 5.02 Å². The van der Waals surface area contributed by atoms with Crippen LogP contribution in [0, 0.1) is 12.7 Å². The Labute approximate surface area is 140 Å². The van der Waals surface area contributed by atoms with Crippen LogP contribution in [0.5, 0.6) is 11.5 Å². The summed E-state index contributed by atoms with van der Waals surface area (Å²) in [7, 11) is 0. The number of benzene rings is 2. The fourth-order valence-corrected chi connectivity index (χ4v) is 2.22. The summed E-state index contributed by atoms with van der Waals surface area (Å²) in [5, 5.41) is 0.108. The molecule has 4 N–H and O–H groups in total. The van der Waals surface area contributed by atoms with Crippen molar-refractivity contribution in [3.05, 3.63) is 46.2 Å². The van der Waals surface area contributed by atoms with Crippen molar-refractivity contribution in [2.24, 2.45) is 0 Å². The molecule has 4 nitrogen and oxygen atoms in total. The number of ketones is 1. The fourth-order valence-electron chi connectivity index (χ4n) is 2.07. The summed E-state index contributed by atoms with van der Waals surface area (Å²) in [6.45, 7) is 7.11. The number of ether oxygens (including phenoxy) is 1. The number of nitrogens with two attached hydrogens (primary N) is 2. The van der Waals surface area contributed by atoms with Crippen molar-refractivity contribution >= 4 is 28.8 Å².